The van der Waals surface area contributed by atoms with E-state index in [9.17, 15) is 0 Å². The van der Waals surface area contributed by atoms with Crippen LogP contribution in [0.15, 0.2) is 120 Å². The van der Waals surface area contributed by atoms with Crippen molar-refractivity contribution in [2.45, 2.75) is 18.8 Å². The van der Waals surface area contributed by atoms with Crippen LogP contribution in [0.2, 0.25) is 0 Å². The Labute approximate surface area is 235 Å². The molecule has 0 saturated carbocycles. The minimum Gasteiger partial charge on any atom is -0.217 e. The second kappa shape index (κ2) is 10.2. The van der Waals surface area contributed by atoms with Crippen molar-refractivity contribution in [2.24, 2.45) is 0 Å². The third-order valence-corrected chi connectivity index (χ3v) is 9.10. The molecule has 39 heavy (non-hydrogen) atoms. The van der Waals surface area contributed by atoms with Gasteiger partial charge in [0, 0.05) is 9.75 Å². The molecule has 5 heteroatoms. The van der Waals surface area contributed by atoms with Crippen molar-refractivity contribution in [3.8, 4) is 0 Å². The van der Waals surface area contributed by atoms with Gasteiger partial charge in [0.15, 0.2) is 0 Å². The van der Waals surface area contributed by atoms with Crippen molar-refractivity contribution in [1.29, 1.82) is 0 Å². The topological polar surface area (TPSA) is 38.7 Å². The lowest BCUT2D eigenvalue weighted by Crippen LogP contribution is -2.15. The van der Waals surface area contributed by atoms with Gasteiger partial charge >= 0.3 is 0 Å². The fourth-order valence-corrected chi connectivity index (χ4v) is 7.22. The molecule has 0 saturated heterocycles. The maximum absolute atomic E-state index is 5.30. The Morgan fingerprint density at radius 3 is 1.41 bits per heavy atom. The largest absolute Gasteiger partial charge is 0.217 e. The van der Waals surface area contributed by atoms with Gasteiger partial charge in [0.2, 0.25) is 0 Å². The van der Waals surface area contributed by atoms with Crippen molar-refractivity contribution < 1.29 is 0 Å². The predicted octanol–water partition coefficient (Wildman–Crippen LogP) is 8.97. The number of rotatable bonds is 6. The van der Waals surface area contributed by atoms with Gasteiger partial charge in [-0.05, 0) is 62.5 Å². The summed E-state index contributed by atoms with van der Waals surface area (Å²) in [6.07, 6.45) is 0. The highest BCUT2D eigenvalue weighted by molar-refractivity contribution is 7.10. The smallest absolute Gasteiger partial charge is 0.145 e. The van der Waals surface area contributed by atoms with E-state index in [0.717, 1.165) is 17.5 Å². The van der Waals surface area contributed by atoms with E-state index in [2.05, 4.69) is 120 Å². The summed E-state index contributed by atoms with van der Waals surface area (Å²) >= 11 is 3.49. The van der Waals surface area contributed by atoms with Crippen LogP contribution in [0.5, 0.6) is 0 Å². The van der Waals surface area contributed by atoms with E-state index in [-0.39, 0.29) is 11.8 Å². The molecule has 2 unspecified atom stereocenters. The number of benzene rings is 4. The summed E-state index contributed by atoms with van der Waals surface area (Å²) < 4.78 is 0. The van der Waals surface area contributed by atoms with Gasteiger partial charge in [0.25, 0.3) is 0 Å². The van der Waals surface area contributed by atoms with Crippen LogP contribution in [-0.2, 0) is 0 Å². The first kappa shape index (κ1) is 23.9. The third-order valence-electron chi connectivity index (χ3n) is 7.22. The minimum atomic E-state index is -0.0898. The highest BCUT2D eigenvalue weighted by Gasteiger charge is 2.28. The average Bonchev–Trinajstić information content (AvgIpc) is 3.69. The molecule has 0 N–H and O–H groups in total. The van der Waals surface area contributed by atoms with E-state index in [4.69, 9.17) is 15.0 Å². The summed E-state index contributed by atoms with van der Waals surface area (Å²) in [4.78, 5) is 17.7. The molecule has 2 atom stereocenters. The zero-order valence-electron chi connectivity index (χ0n) is 21.4. The Morgan fingerprint density at radius 2 is 0.949 bits per heavy atom. The maximum Gasteiger partial charge on any atom is 0.145 e. The molecule has 3 nitrogen and oxygen atoms in total. The van der Waals surface area contributed by atoms with Crippen molar-refractivity contribution >= 4 is 44.2 Å². The van der Waals surface area contributed by atoms with E-state index in [1.807, 2.05) is 6.92 Å². The van der Waals surface area contributed by atoms with Crippen LogP contribution in [0.3, 0.4) is 0 Å². The van der Waals surface area contributed by atoms with E-state index in [1.54, 1.807) is 22.7 Å². The number of aryl methyl sites for hydroxylation is 1. The van der Waals surface area contributed by atoms with Gasteiger partial charge in [-0.1, -0.05) is 97.1 Å². The lowest BCUT2D eigenvalue weighted by atomic mass is 9.90. The maximum atomic E-state index is 5.30. The molecule has 7 rings (SSSR count). The van der Waals surface area contributed by atoms with Crippen LogP contribution >= 0.6 is 22.7 Å². The standard InChI is InChI=1S/C34H25N3S2/c1-22-35-33(31(29-18-8-20-38-29)27-16-6-12-23-10-2-4-14-25(23)27)37-34(36-22)32(30-19-9-21-39-30)28-17-7-13-24-11-3-5-15-26(24)28/h2-21,31-32H,1H3. The molecule has 0 aliphatic heterocycles. The van der Waals surface area contributed by atoms with E-state index >= 15 is 0 Å². The Bertz CT molecular complexity index is 1750. The van der Waals surface area contributed by atoms with Gasteiger partial charge in [0.1, 0.15) is 17.5 Å². The average molecular weight is 540 g/mol. The second-order valence-electron chi connectivity index (χ2n) is 9.63. The normalized spacial score (nSPS) is 13.1. The summed E-state index contributed by atoms with van der Waals surface area (Å²) in [6, 6.07) is 38.8. The summed E-state index contributed by atoms with van der Waals surface area (Å²) in [7, 11) is 0. The number of hydrogen-bond acceptors (Lipinski definition) is 5. The third kappa shape index (κ3) is 4.44. The van der Waals surface area contributed by atoms with E-state index < -0.39 is 0 Å². The predicted molar refractivity (Wildman–Crippen MR) is 163 cm³/mol. The second-order valence-corrected chi connectivity index (χ2v) is 11.6. The molecular formula is C34H25N3S2. The monoisotopic (exact) mass is 539 g/mol. The van der Waals surface area contributed by atoms with Crippen LogP contribution in [0.1, 0.15) is 50.2 Å². The molecule has 3 heterocycles. The molecule has 0 amide bonds. The van der Waals surface area contributed by atoms with Crippen molar-refractivity contribution in [3.05, 3.63) is 158 Å². The van der Waals surface area contributed by atoms with Crippen LogP contribution in [-0.4, -0.2) is 15.0 Å². The number of hydrogen-bond donors (Lipinski definition) is 0. The fraction of sp³-hybridized carbons (Fsp3) is 0.0882. The zero-order valence-corrected chi connectivity index (χ0v) is 23.0. The molecule has 0 bridgehead atoms. The summed E-state index contributed by atoms with van der Waals surface area (Å²) in [6.45, 7) is 1.98. The SMILES string of the molecule is Cc1nc(C(c2cccs2)c2cccc3ccccc23)nc(C(c2cccs2)c2cccc3ccccc23)n1. The molecule has 7 aromatic rings. The van der Waals surface area contributed by atoms with Gasteiger partial charge in [-0.3, -0.25) is 0 Å². The molecule has 0 aliphatic carbocycles. The Morgan fingerprint density at radius 1 is 0.487 bits per heavy atom. The molecule has 4 aromatic carbocycles. The number of aromatic nitrogens is 3. The first-order valence-electron chi connectivity index (χ1n) is 13.0. The molecule has 0 fully saturated rings. The molecule has 0 aliphatic rings. The van der Waals surface area contributed by atoms with Gasteiger partial charge in [-0.25, -0.2) is 15.0 Å². The summed E-state index contributed by atoms with van der Waals surface area (Å²) in [5, 5.41) is 9.15. The van der Waals surface area contributed by atoms with Crippen LogP contribution < -0.4 is 0 Å². The van der Waals surface area contributed by atoms with Crippen LogP contribution in [0.25, 0.3) is 21.5 Å². The Hall–Kier alpha value is -4.19. The number of thiophene rings is 2. The lowest BCUT2D eigenvalue weighted by Gasteiger charge is -2.21. The van der Waals surface area contributed by atoms with Gasteiger partial charge in [0.05, 0.1) is 11.8 Å². The molecular weight excluding hydrogens is 515 g/mol. The van der Waals surface area contributed by atoms with Crippen molar-refractivity contribution in [2.75, 3.05) is 0 Å². The van der Waals surface area contributed by atoms with Crippen molar-refractivity contribution in [3.63, 3.8) is 0 Å². The minimum absolute atomic E-state index is 0.0898. The summed E-state index contributed by atoms with van der Waals surface area (Å²) in [5.41, 5.74) is 2.43. The quantitative estimate of drug-likeness (QED) is 0.212. The zero-order chi connectivity index (χ0) is 26.2. The first-order chi connectivity index (χ1) is 19.3. The Balaban J connectivity index is 1.46. The molecule has 0 spiro atoms. The fourth-order valence-electron chi connectivity index (χ4n) is 5.54. The van der Waals surface area contributed by atoms with E-state index in [1.165, 1.54) is 42.4 Å². The van der Waals surface area contributed by atoms with Gasteiger partial charge < -0.3 is 0 Å². The van der Waals surface area contributed by atoms with Crippen LogP contribution in [0, 0.1) is 6.92 Å². The van der Waals surface area contributed by atoms with Crippen molar-refractivity contribution in [1.82, 2.24) is 15.0 Å². The lowest BCUT2D eigenvalue weighted by molar-refractivity contribution is 0.754. The molecule has 188 valence electrons. The highest BCUT2D eigenvalue weighted by atomic mass is 32.1. The molecule has 3 aromatic heterocycles. The first-order valence-corrected chi connectivity index (χ1v) is 14.8. The Kier molecular flexibility index (Phi) is 6.23. The van der Waals surface area contributed by atoms with Crippen LogP contribution in [0.4, 0.5) is 0 Å². The van der Waals surface area contributed by atoms with Gasteiger partial charge in [-0.2, -0.15) is 0 Å². The highest BCUT2D eigenvalue weighted by Crippen LogP contribution is 2.40. The summed E-state index contributed by atoms with van der Waals surface area (Å²) in [5.74, 6) is 2.14. The number of fused-ring (bicyclic) bond motifs is 2. The number of nitrogens with zero attached hydrogens (tertiary/aromatic N) is 3. The molecule has 0 radical (unpaired) electrons. The van der Waals surface area contributed by atoms with E-state index in [0.29, 0.717) is 0 Å². The van der Waals surface area contributed by atoms with Gasteiger partial charge in [-0.15, -0.1) is 22.7 Å².